The minimum absolute atomic E-state index is 0.0880. The highest BCUT2D eigenvalue weighted by Crippen LogP contribution is 2.23. The molecule has 0 aliphatic rings. The average Bonchev–Trinajstić information content (AvgIpc) is 3.48. The molecule has 0 unspecified atom stereocenters. The molecule has 0 atom stereocenters. The van der Waals surface area contributed by atoms with Gasteiger partial charge in [-0.25, -0.2) is 0 Å². The van der Waals surface area contributed by atoms with Crippen LogP contribution in [-0.2, 0) is 0 Å². The van der Waals surface area contributed by atoms with Crippen molar-refractivity contribution in [3.05, 3.63) is 315 Å². The Morgan fingerprint density at radius 2 is 0.115 bits per heavy atom. The van der Waals surface area contributed by atoms with Crippen LogP contribution in [0.2, 0.25) is 0 Å². The molecule has 0 aliphatic heterocycles. The SMILES string of the molecule is Oc1cccc(O)c1.Oc1cccc(O)c1.Oc1cccc(O)c1.Oc1cccc(O)c1.Oc1cccc(O)c1.Oc1cccc(O)c1.Oc1cccc(O)c1.Oc1cccc(O)c1.Oc1cccc(O)c1.Oc1cccc(O)c1.Oc1cccc(O)c1.Oc1cccc(O)c1.Oc1cccc(O)c1. The molecule has 0 saturated carbocycles. The van der Waals surface area contributed by atoms with Gasteiger partial charge in [0.1, 0.15) is 149 Å². The zero-order valence-corrected chi connectivity index (χ0v) is 54.6. The monoisotopic (exact) mass is 1430 g/mol. The van der Waals surface area contributed by atoms with E-state index in [9.17, 15) is 0 Å². The minimum atomic E-state index is 0.0880. The molecule has 13 rings (SSSR count). The van der Waals surface area contributed by atoms with E-state index in [1.807, 2.05) is 0 Å². The van der Waals surface area contributed by atoms with E-state index in [0.29, 0.717) is 0 Å². The van der Waals surface area contributed by atoms with Gasteiger partial charge in [-0.15, -0.1) is 0 Å². The number of benzene rings is 13. The molecule has 0 fully saturated rings. The van der Waals surface area contributed by atoms with Crippen LogP contribution in [0.25, 0.3) is 0 Å². The summed E-state index contributed by atoms with van der Waals surface area (Å²) in [6.07, 6.45) is 0. The second-order valence-electron chi connectivity index (χ2n) is 19.8. The smallest absolute Gasteiger partial charge is 0.119 e. The van der Waals surface area contributed by atoms with E-state index in [4.69, 9.17) is 133 Å². The Morgan fingerprint density at radius 1 is 0.0769 bits per heavy atom. The Hall–Kier alpha value is -15.3. The van der Waals surface area contributed by atoms with Crippen molar-refractivity contribution in [2.75, 3.05) is 0 Å². The lowest BCUT2D eigenvalue weighted by atomic mass is 10.3. The highest BCUT2D eigenvalue weighted by Gasteiger charge is 1.94. The van der Waals surface area contributed by atoms with Crippen molar-refractivity contribution < 1.29 is 133 Å². The Morgan fingerprint density at radius 3 is 0.135 bits per heavy atom. The van der Waals surface area contributed by atoms with Crippen LogP contribution in [0.1, 0.15) is 0 Å². The molecule has 26 heteroatoms. The lowest BCUT2D eigenvalue weighted by Gasteiger charge is -1.89. The largest absolute Gasteiger partial charge is 0.508 e. The third-order valence-corrected chi connectivity index (χ3v) is 10.8. The van der Waals surface area contributed by atoms with Gasteiger partial charge in [0.15, 0.2) is 0 Å². The van der Waals surface area contributed by atoms with Crippen LogP contribution in [0.5, 0.6) is 149 Å². The lowest BCUT2D eigenvalue weighted by molar-refractivity contribution is 0.449. The van der Waals surface area contributed by atoms with E-state index in [2.05, 4.69) is 0 Å². The van der Waals surface area contributed by atoms with E-state index >= 15 is 0 Å². The van der Waals surface area contributed by atoms with Gasteiger partial charge in [0.25, 0.3) is 0 Å². The van der Waals surface area contributed by atoms with E-state index < -0.39 is 0 Å². The number of rotatable bonds is 0. The number of hydrogen-bond donors (Lipinski definition) is 26. The lowest BCUT2D eigenvalue weighted by Crippen LogP contribution is -1.61. The fourth-order valence-electron chi connectivity index (χ4n) is 6.41. The maximum atomic E-state index is 8.65. The van der Waals surface area contributed by atoms with Gasteiger partial charge in [0, 0.05) is 78.9 Å². The van der Waals surface area contributed by atoms with Gasteiger partial charge in [-0.2, -0.15) is 0 Å². The number of hydrogen-bond acceptors (Lipinski definition) is 26. The molecule has 0 radical (unpaired) electrons. The summed E-state index contributed by atoms with van der Waals surface area (Å²) < 4.78 is 0. The van der Waals surface area contributed by atoms with Gasteiger partial charge in [0.05, 0.1) is 0 Å². The highest BCUT2D eigenvalue weighted by atomic mass is 16.3. The molecule has 0 aromatic heterocycles. The van der Waals surface area contributed by atoms with E-state index in [1.54, 1.807) is 78.9 Å². The molecule has 0 saturated heterocycles. The van der Waals surface area contributed by atoms with Gasteiger partial charge in [0.2, 0.25) is 0 Å². The summed E-state index contributed by atoms with van der Waals surface area (Å²) in [6.45, 7) is 0. The molecular weight excluding hydrogens is 1350 g/mol. The van der Waals surface area contributed by atoms with Crippen LogP contribution in [0.4, 0.5) is 0 Å². The van der Waals surface area contributed by atoms with Crippen molar-refractivity contribution >= 4 is 0 Å². The van der Waals surface area contributed by atoms with Crippen molar-refractivity contribution in [1.29, 1.82) is 0 Å². The molecule has 546 valence electrons. The van der Waals surface area contributed by atoms with Crippen LogP contribution in [-0.4, -0.2) is 133 Å². The van der Waals surface area contributed by atoms with Crippen LogP contribution in [0.15, 0.2) is 315 Å². The van der Waals surface area contributed by atoms with Crippen LogP contribution in [0.3, 0.4) is 0 Å². The average molecular weight is 1430 g/mol. The molecule has 0 heterocycles. The van der Waals surface area contributed by atoms with Gasteiger partial charge >= 0.3 is 0 Å². The quantitative estimate of drug-likeness (QED) is 0.0670. The highest BCUT2D eigenvalue weighted by molar-refractivity contribution is 5.38. The molecular formula is C78H78O26. The van der Waals surface area contributed by atoms with Crippen molar-refractivity contribution in [2.24, 2.45) is 0 Å². The summed E-state index contributed by atoms with van der Waals surface area (Å²) >= 11 is 0. The summed E-state index contributed by atoms with van der Waals surface area (Å²) in [6, 6.07) is 76.1. The third kappa shape index (κ3) is 48.4. The molecule has 26 nitrogen and oxygen atoms in total. The van der Waals surface area contributed by atoms with Crippen molar-refractivity contribution in [1.82, 2.24) is 0 Å². The van der Waals surface area contributed by atoms with Crippen LogP contribution < -0.4 is 0 Å². The molecule has 104 heavy (non-hydrogen) atoms. The van der Waals surface area contributed by atoms with Crippen LogP contribution in [0, 0.1) is 0 Å². The first-order valence-corrected chi connectivity index (χ1v) is 29.5. The maximum Gasteiger partial charge on any atom is 0.119 e. The molecule has 13 aromatic carbocycles. The Bertz CT molecular complexity index is 3210. The van der Waals surface area contributed by atoms with Gasteiger partial charge in [-0.3, -0.25) is 0 Å². The van der Waals surface area contributed by atoms with Gasteiger partial charge < -0.3 is 133 Å². The first-order chi connectivity index (χ1) is 49.2. The fraction of sp³-hybridized carbons (Fsp3) is 0. The predicted octanol–water partition coefficient (Wildman–Crippen LogP) is 14.3. The van der Waals surface area contributed by atoms with Crippen molar-refractivity contribution in [2.45, 2.75) is 0 Å². The zero-order valence-electron chi connectivity index (χ0n) is 54.6. The third-order valence-electron chi connectivity index (χ3n) is 10.8. The molecule has 0 bridgehead atoms. The summed E-state index contributed by atoms with van der Waals surface area (Å²) in [4.78, 5) is 0. The van der Waals surface area contributed by atoms with Crippen molar-refractivity contribution in [3.8, 4) is 149 Å². The predicted molar refractivity (Wildman–Crippen MR) is 387 cm³/mol. The normalized spacial score (nSPS) is 9.00. The Labute approximate surface area is 595 Å². The van der Waals surface area contributed by atoms with Crippen molar-refractivity contribution in [3.63, 3.8) is 0 Å². The molecule has 0 amide bonds. The van der Waals surface area contributed by atoms with E-state index in [0.717, 1.165) is 0 Å². The number of aromatic hydroxyl groups is 26. The second-order valence-corrected chi connectivity index (χ2v) is 19.8. The van der Waals surface area contributed by atoms with Gasteiger partial charge in [-0.05, 0) is 158 Å². The first kappa shape index (κ1) is 86.7. The number of phenolic OH excluding ortho intramolecular Hbond substituents is 26. The summed E-state index contributed by atoms with van der Waals surface area (Å²) in [5.41, 5.74) is 0. The first-order valence-electron chi connectivity index (χ1n) is 29.5. The fourth-order valence-corrected chi connectivity index (χ4v) is 6.41. The van der Waals surface area contributed by atoms with Crippen LogP contribution >= 0.6 is 0 Å². The summed E-state index contributed by atoms with van der Waals surface area (Å²) in [5.74, 6) is 2.29. The van der Waals surface area contributed by atoms with E-state index in [1.165, 1.54) is 237 Å². The molecule has 26 N–H and O–H groups in total. The Balaban J connectivity index is 0.000000563. The molecule has 0 spiro atoms. The molecule has 0 aliphatic carbocycles. The zero-order chi connectivity index (χ0) is 77.8. The van der Waals surface area contributed by atoms with E-state index in [-0.39, 0.29) is 149 Å². The van der Waals surface area contributed by atoms with Gasteiger partial charge in [-0.1, -0.05) is 78.9 Å². The second kappa shape index (κ2) is 50.1. The summed E-state index contributed by atoms with van der Waals surface area (Å²) in [7, 11) is 0. The molecule has 13 aromatic rings. The summed E-state index contributed by atoms with van der Waals surface area (Å²) in [5, 5.41) is 225. The minimum Gasteiger partial charge on any atom is -0.508 e. The maximum absolute atomic E-state index is 8.65. The standard InChI is InChI=1S/13C6H6O2/c13*7-5-2-1-3-6(8)4-5/h13*1-4,7-8H. The topological polar surface area (TPSA) is 526 Å². The Kier molecular flexibility index (Phi) is 41.7. The number of phenols is 26.